The van der Waals surface area contributed by atoms with Crippen LogP contribution >= 0.6 is 0 Å². The normalized spacial score (nSPS) is 18.6. The van der Waals surface area contributed by atoms with E-state index in [1.54, 1.807) is 0 Å². The zero-order valence-electron chi connectivity index (χ0n) is 11.3. The van der Waals surface area contributed by atoms with Gasteiger partial charge < -0.3 is 15.7 Å². The summed E-state index contributed by atoms with van der Waals surface area (Å²) in [5, 5.41) is 8.94. The summed E-state index contributed by atoms with van der Waals surface area (Å²) >= 11 is 0. The lowest BCUT2D eigenvalue weighted by Gasteiger charge is -2.37. The van der Waals surface area contributed by atoms with Crippen molar-refractivity contribution in [2.45, 2.75) is 13.0 Å². The van der Waals surface area contributed by atoms with Crippen LogP contribution in [0.3, 0.4) is 0 Å². The highest BCUT2D eigenvalue weighted by atomic mass is 19.1. The average molecular weight is 267 g/mol. The molecule has 0 amide bonds. The van der Waals surface area contributed by atoms with Crippen LogP contribution in [-0.4, -0.2) is 49.3 Å². The Labute approximate surface area is 113 Å². The average Bonchev–Trinajstić information content (AvgIpc) is 2.40. The lowest BCUT2D eigenvalue weighted by molar-refractivity contribution is 0.188. The first-order chi connectivity index (χ1) is 9.11. The summed E-state index contributed by atoms with van der Waals surface area (Å²) in [5.74, 6) is -0.241. The maximum Gasteiger partial charge on any atom is 0.123 e. The highest BCUT2D eigenvalue weighted by Crippen LogP contribution is 2.27. The fourth-order valence-corrected chi connectivity index (χ4v) is 2.53. The van der Waals surface area contributed by atoms with E-state index in [4.69, 9.17) is 10.8 Å². The number of β-amino-alcohol motifs (C(OH)–C–C–N with tert-alkyl or cyclic N) is 1. The van der Waals surface area contributed by atoms with E-state index in [1.165, 1.54) is 12.1 Å². The summed E-state index contributed by atoms with van der Waals surface area (Å²) in [7, 11) is 0. The summed E-state index contributed by atoms with van der Waals surface area (Å²) in [6.45, 7) is 6.38. The molecule has 3 N–H and O–H groups in total. The molecule has 1 aliphatic rings. The smallest absolute Gasteiger partial charge is 0.123 e. The number of hydrogen-bond acceptors (Lipinski definition) is 4. The van der Waals surface area contributed by atoms with Gasteiger partial charge in [-0.2, -0.15) is 0 Å². The topological polar surface area (TPSA) is 52.7 Å². The lowest BCUT2D eigenvalue weighted by Crippen LogP contribution is -2.47. The van der Waals surface area contributed by atoms with Crippen LogP contribution in [0, 0.1) is 5.82 Å². The summed E-state index contributed by atoms with van der Waals surface area (Å²) in [5.41, 5.74) is 7.81. The fraction of sp³-hybridized carbons (Fsp3) is 0.571. The predicted molar refractivity (Wildman–Crippen MR) is 74.7 cm³/mol. The molecule has 1 aromatic carbocycles. The molecule has 0 bridgehead atoms. The van der Waals surface area contributed by atoms with Gasteiger partial charge in [0.1, 0.15) is 5.82 Å². The molecule has 1 aliphatic heterocycles. The molecule has 0 aromatic heterocycles. The number of piperazine rings is 1. The third kappa shape index (κ3) is 3.43. The van der Waals surface area contributed by atoms with Crippen LogP contribution in [0.5, 0.6) is 0 Å². The van der Waals surface area contributed by atoms with Gasteiger partial charge in [0.25, 0.3) is 0 Å². The van der Waals surface area contributed by atoms with Crippen LogP contribution < -0.4 is 10.6 Å². The van der Waals surface area contributed by atoms with Crippen LogP contribution in [0.25, 0.3) is 0 Å². The number of benzene rings is 1. The van der Waals surface area contributed by atoms with Crippen molar-refractivity contribution in [3.8, 4) is 0 Å². The number of halogens is 1. The Morgan fingerprint density at radius 3 is 2.58 bits per heavy atom. The van der Waals surface area contributed by atoms with E-state index in [0.29, 0.717) is 0 Å². The zero-order chi connectivity index (χ0) is 13.8. The van der Waals surface area contributed by atoms with Crippen LogP contribution in [0.2, 0.25) is 0 Å². The van der Waals surface area contributed by atoms with Crippen molar-refractivity contribution in [3.63, 3.8) is 0 Å². The molecular formula is C14H22FN3O. The van der Waals surface area contributed by atoms with Crippen molar-refractivity contribution in [3.05, 3.63) is 29.6 Å². The Hall–Kier alpha value is -1.17. The third-order valence-electron chi connectivity index (χ3n) is 3.61. The second-order valence-electron chi connectivity index (χ2n) is 5.04. The molecular weight excluding hydrogens is 245 g/mol. The van der Waals surface area contributed by atoms with Gasteiger partial charge in [0, 0.05) is 44.5 Å². The molecule has 0 radical (unpaired) electrons. The highest BCUT2D eigenvalue weighted by molar-refractivity contribution is 5.55. The van der Waals surface area contributed by atoms with Gasteiger partial charge in [-0.25, -0.2) is 4.39 Å². The van der Waals surface area contributed by atoms with Gasteiger partial charge >= 0.3 is 0 Å². The fourth-order valence-electron chi connectivity index (χ4n) is 2.53. The number of aliphatic hydroxyl groups excluding tert-OH is 1. The molecule has 1 fully saturated rings. The molecule has 1 saturated heterocycles. The van der Waals surface area contributed by atoms with Crippen LogP contribution in [-0.2, 0) is 0 Å². The van der Waals surface area contributed by atoms with E-state index < -0.39 is 0 Å². The molecule has 5 heteroatoms. The molecule has 1 aromatic rings. The first-order valence-corrected chi connectivity index (χ1v) is 6.75. The lowest BCUT2D eigenvalue weighted by atomic mass is 10.0. The minimum atomic E-state index is -0.241. The van der Waals surface area contributed by atoms with Crippen molar-refractivity contribution in [2.75, 3.05) is 44.2 Å². The monoisotopic (exact) mass is 267 g/mol. The molecule has 19 heavy (non-hydrogen) atoms. The molecule has 0 spiro atoms. The maximum atomic E-state index is 13.3. The van der Waals surface area contributed by atoms with Gasteiger partial charge in [-0.3, -0.25) is 4.90 Å². The van der Waals surface area contributed by atoms with Gasteiger partial charge in [-0.05, 0) is 30.7 Å². The van der Waals surface area contributed by atoms with Crippen LogP contribution in [0.4, 0.5) is 10.1 Å². The molecule has 1 atom stereocenters. The molecule has 0 unspecified atom stereocenters. The molecule has 1 heterocycles. The molecule has 2 rings (SSSR count). The van der Waals surface area contributed by atoms with Crippen molar-refractivity contribution in [1.82, 2.24) is 4.90 Å². The Morgan fingerprint density at radius 1 is 1.32 bits per heavy atom. The maximum absolute atomic E-state index is 13.3. The SMILES string of the molecule is C[C@@H](N)c1cc(F)ccc1N1CCN(CCO)CC1. The Morgan fingerprint density at radius 2 is 2.00 bits per heavy atom. The first kappa shape index (κ1) is 14.2. The Bertz CT molecular complexity index is 417. The van der Waals surface area contributed by atoms with Gasteiger partial charge in [-0.15, -0.1) is 0 Å². The third-order valence-corrected chi connectivity index (χ3v) is 3.61. The van der Waals surface area contributed by atoms with Gasteiger partial charge in [-0.1, -0.05) is 0 Å². The van der Waals surface area contributed by atoms with Crippen LogP contribution in [0.1, 0.15) is 18.5 Å². The minimum absolute atomic E-state index is 0.179. The summed E-state index contributed by atoms with van der Waals surface area (Å²) in [6.07, 6.45) is 0. The van der Waals surface area contributed by atoms with E-state index in [2.05, 4.69) is 9.80 Å². The second kappa shape index (κ2) is 6.32. The van der Waals surface area contributed by atoms with Crippen LogP contribution in [0.15, 0.2) is 18.2 Å². The standard InChI is InChI=1S/C14H22FN3O/c1-11(16)13-10-12(15)2-3-14(13)18-6-4-17(5-7-18)8-9-19/h2-3,10-11,19H,4-9,16H2,1H3/t11-/m1/s1. The second-order valence-corrected chi connectivity index (χ2v) is 5.04. The Kier molecular flexibility index (Phi) is 4.74. The summed E-state index contributed by atoms with van der Waals surface area (Å²) < 4.78 is 13.3. The van der Waals surface area contributed by atoms with Crippen molar-refractivity contribution >= 4 is 5.69 Å². The number of rotatable bonds is 4. The number of nitrogens with zero attached hydrogens (tertiary/aromatic N) is 2. The van der Waals surface area contributed by atoms with E-state index in [-0.39, 0.29) is 18.5 Å². The first-order valence-electron chi connectivity index (χ1n) is 6.75. The predicted octanol–water partition coefficient (Wildman–Crippen LogP) is 0.960. The van der Waals surface area contributed by atoms with E-state index in [9.17, 15) is 4.39 Å². The van der Waals surface area contributed by atoms with Gasteiger partial charge in [0.2, 0.25) is 0 Å². The number of hydrogen-bond donors (Lipinski definition) is 2. The van der Waals surface area contributed by atoms with E-state index >= 15 is 0 Å². The van der Waals surface area contributed by atoms with Crippen molar-refractivity contribution < 1.29 is 9.50 Å². The number of aliphatic hydroxyl groups is 1. The van der Waals surface area contributed by atoms with Gasteiger partial charge in [0.15, 0.2) is 0 Å². The largest absolute Gasteiger partial charge is 0.395 e. The molecule has 4 nitrogen and oxygen atoms in total. The summed E-state index contributed by atoms with van der Waals surface area (Å²) in [6, 6.07) is 4.65. The molecule has 0 aliphatic carbocycles. The number of nitrogens with two attached hydrogens (primary N) is 1. The highest BCUT2D eigenvalue weighted by Gasteiger charge is 2.20. The van der Waals surface area contributed by atoms with Crippen molar-refractivity contribution in [2.24, 2.45) is 5.73 Å². The molecule has 106 valence electrons. The number of anilines is 1. The van der Waals surface area contributed by atoms with Crippen molar-refractivity contribution in [1.29, 1.82) is 0 Å². The minimum Gasteiger partial charge on any atom is -0.395 e. The quantitative estimate of drug-likeness (QED) is 0.853. The molecule has 0 saturated carbocycles. The zero-order valence-corrected chi connectivity index (χ0v) is 11.3. The van der Waals surface area contributed by atoms with E-state index in [1.807, 2.05) is 13.0 Å². The van der Waals surface area contributed by atoms with E-state index in [0.717, 1.165) is 44.0 Å². The Balaban J connectivity index is 2.11. The summed E-state index contributed by atoms with van der Waals surface area (Å²) in [4.78, 5) is 4.47. The van der Waals surface area contributed by atoms with Gasteiger partial charge in [0.05, 0.1) is 6.61 Å².